The van der Waals surface area contributed by atoms with E-state index in [0.717, 1.165) is 24.8 Å². The first-order valence-electron chi connectivity index (χ1n) is 7.22. The number of carbonyl (C=O) groups is 1. The van der Waals surface area contributed by atoms with E-state index in [0.29, 0.717) is 13.1 Å². The summed E-state index contributed by atoms with van der Waals surface area (Å²) in [6.45, 7) is 5.63. The first-order chi connectivity index (χ1) is 9.09. The predicted octanol–water partition coefficient (Wildman–Crippen LogP) is 2.52. The van der Waals surface area contributed by atoms with E-state index in [9.17, 15) is 4.79 Å². The van der Waals surface area contributed by atoms with Crippen molar-refractivity contribution in [1.82, 2.24) is 4.90 Å². The van der Waals surface area contributed by atoms with Gasteiger partial charge in [0, 0.05) is 13.1 Å². The minimum atomic E-state index is -0.139. The number of hydrogen-bond donors (Lipinski definition) is 1. The topological polar surface area (TPSA) is 46.3 Å². The first kappa shape index (κ1) is 14.1. The van der Waals surface area contributed by atoms with Crippen molar-refractivity contribution >= 4 is 5.91 Å². The molecule has 1 saturated heterocycles. The lowest BCUT2D eigenvalue weighted by atomic mass is 9.84. The van der Waals surface area contributed by atoms with E-state index in [4.69, 9.17) is 5.73 Å². The van der Waals surface area contributed by atoms with Gasteiger partial charge in [0.15, 0.2) is 0 Å². The second-order valence-corrected chi connectivity index (χ2v) is 5.68. The lowest BCUT2D eigenvalue weighted by Gasteiger charge is -2.49. The van der Waals surface area contributed by atoms with Gasteiger partial charge in [-0.1, -0.05) is 50.6 Å². The minimum Gasteiger partial charge on any atom is -0.338 e. The molecule has 3 nitrogen and oxygen atoms in total. The smallest absolute Gasteiger partial charge is 0.230 e. The monoisotopic (exact) mass is 260 g/mol. The van der Waals surface area contributed by atoms with Gasteiger partial charge in [-0.3, -0.25) is 4.79 Å². The molecule has 0 bridgehead atoms. The molecule has 2 rings (SSSR count). The van der Waals surface area contributed by atoms with Crippen LogP contribution in [0.25, 0.3) is 0 Å². The second-order valence-electron chi connectivity index (χ2n) is 5.68. The summed E-state index contributed by atoms with van der Waals surface area (Å²) in [5.74, 6) is 0.207. The van der Waals surface area contributed by atoms with Crippen molar-refractivity contribution < 1.29 is 4.79 Å². The van der Waals surface area contributed by atoms with Gasteiger partial charge >= 0.3 is 0 Å². The van der Waals surface area contributed by atoms with Gasteiger partial charge in [0.2, 0.25) is 5.91 Å². The summed E-state index contributed by atoms with van der Waals surface area (Å²) in [5, 5.41) is 0. The summed E-state index contributed by atoms with van der Waals surface area (Å²) in [6.07, 6.45) is 2.91. The Morgan fingerprint density at radius 3 is 2.47 bits per heavy atom. The Morgan fingerprint density at radius 2 is 1.95 bits per heavy atom. The van der Waals surface area contributed by atoms with Crippen LogP contribution in [0.15, 0.2) is 30.3 Å². The Labute approximate surface area is 115 Å². The molecule has 104 valence electrons. The maximum absolute atomic E-state index is 12.5. The van der Waals surface area contributed by atoms with Crippen molar-refractivity contribution in [1.29, 1.82) is 0 Å². The van der Waals surface area contributed by atoms with E-state index in [1.165, 1.54) is 0 Å². The highest BCUT2D eigenvalue weighted by Crippen LogP contribution is 2.29. The van der Waals surface area contributed by atoms with Crippen molar-refractivity contribution in [2.24, 2.45) is 5.73 Å². The SMILES string of the molecule is CCCC1(N)CN(C(=O)C(CC)c2ccccc2)C1. The molecule has 0 spiro atoms. The predicted molar refractivity (Wildman–Crippen MR) is 77.9 cm³/mol. The van der Waals surface area contributed by atoms with Gasteiger partial charge in [-0.2, -0.15) is 0 Å². The fraction of sp³-hybridized carbons (Fsp3) is 0.562. The van der Waals surface area contributed by atoms with E-state index in [1.54, 1.807) is 0 Å². The molecule has 0 aliphatic carbocycles. The lowest BCUT2D eigenvalue weighted by Crippen LogP contribution is -2.69. The molecular formula is C16H24N2O. The quantitative estimate of drug-likeness (QED) is 0.884. The molecule has 1 fully saturated rings. The maximum atomic E-state index is 12.5. The molecule has 0 saturated carbocycles. The molecule has 2 N–H and O–H groups in total. The zero-order chi connectivity index (χ0) is 13.9. The van der Waals surface area contributed by atoms with E-state index in [1.807, 2.05) is 35.2 Å². The van der Waals surface area contributed by atoms with E-state index >= 15 is 0 Å². The minimum absolute atomic E-state index is 0.0209. The van der Waals surface area contributed by atoms with Crippen LogP contribution >= 0.6 is 0 Å². The molecule has 1 aromatic rings. The van der Waals surface area contributed by atoms with Crippen LogP contribution in [0, 0.1) is 0 Å². The normalized spacial score (nSPS) is 18.8. The Hall–Kier alpha value is -1.35. The van der Waals surface area contributed by atoms with Gasteiger partial charge in [-0.15, -0.1) is 0 Å². The third-order valence-corrected chi connectivity index (χ3v) is 3.98. The largest absolute Gasteiger partial charge is 0.338 e. The van der Waals surface area contributed by atoms with Gasteiger partial charge in [-0.05, 0) is 18.4 Å². The van der Waals surface area contributed by atoms with Crippen LogP contribution in [0.2, 0.25) is 0 Å². The number of nitrogens with zero attached hydrogens (tertiary/aromatic N) is 1. The molecule has 1 atom stereocenters. The van der Waals surface area contributed by atoms with Crippen molar-refractivity contribution in [3.05, 3.63) is 35.9 Å². The molecule has 0 aromatic heterocycles. The number of amides is 1. The zero-order valence-corrected chi connectivity index (χ0v) is 11.9. The summed E-state index contributed by atoms with van der Waals surface area (Å²) in [5.41, 5.74) is 7.20. The average molecular weight is 260 g/mol. The molecule has 0 radical (unpaired) electrons. The third-order valence-electron chi connectivity index (χ3n) is 3.98. The van der Waals surface area contributed by atoms with Crippen LogP contribution in [-0.2, 0) is 4.79 Å². The standard InChI is InChI=1S/C16H24N2O/c1-3-10-16(17)11-18(12-16)15(19)14(4-2)13-8-6-5-7-9-13/h5-9,14H,3-4,10-12,17H2,1-2H3. The van der Waals surface area contributed by atoms with Crippen LogP contribution in [0.4, 0.5) is 0 Å². The van der Waals surface area contributed by atoms with E-state index in [-0.39, 0.29) is 17.4 Å². The van der Waals surface area contributed by atoms with Gasteiger partial charge in [0.05, 0.1) is 11.5 Å². The number of nitrogens with two attached hydrogens (primary N) is 1. The summed E-state index contributed by atoms with van der Waals surface area (Å²) in [7, 11) is 0. The lowest BCUT2D eigenvalue weighted by molar-refractivity contribution is -0.140. The number of benzene rings is 1. The van der Waals surface area contributed by atoms with Crippen molar-refractivity contribution in [3.63, 3.8) is 0 Å². The first-order valence-corrected chi connectivity index (χ1v) is 7.22. The Morgan fingerprint density at radius 1 is 1.32 bits per heavy atom. The van der Waals surface area contributed by atoms with Crippen LogP contribution in [0.3, 0.4) is 0 Å². The van der Waals surface area contributed by atoms with Crippen molar-refractivity contribution in [2.75, 3.05) is 13.1 Å². The Bertz CT molecular complexity index is 424. The highest BCUT2D eigenvalue weighted by molar-refractivity contribution is 5.84. The fourth-order valence-corrected chi connectivity index (χ4v) is 2.98. The molecule has 1 heterocycles. The molecule has 1 amide bonds. The third kappa shape index (κ3) is 2.98. The molecule has 1 aromatic carbocycles. The highest BCUT2D eigenvalue weighted by atomic mass is 16.2. The molecular weight excluding hydrogens is 236 g/mol. The summed E-state index contributed by atoms with van der Waals surface area (Å²) in [6, 6.07) is 10.0. The van der Waals surface area contributed by atoms with E-state index in [2.05, 4.69) is 13.8 Å². The Balaban J connectivity index is 2.00. The molecule has 19 heavy (non-hydrogen) atoms. The number of hydrogen-bond acceptors (Lipinski definition) is 2. The molecule has 1 aliphatic rings. The molecule has 3 heteroatoms. The molecule has 1 unspecified atom stereocenters. The van der Waals surface area contributed by atoms with Gasteiger partial charge in [0.1, 0.15) is 0 Å². The van der Waals surface area contributed by atoms with Crippen LogP contribution < -0.4 is 5.73 Å². The fourth-order valence-electron chi connectivity index (χ4n) is 2.98. The van der Waals surface area contributed by atoms with Crippen molar-refractivity contribution in [3.8, 4) is 0 Å². The maximum Gasteiger partial charge on any atom is 0.230 e. The summed E-state index contributed by atoms with van der Waals surface area (Å²) < 4.78 is 0. The van der Waals surface area contributed by atoms with Crippen LogP contribution in [0.5, 0.6) is 0 Å². The number of rotatable bonds is 5. The van der Waals surface area contributed by atoms with Crippen LogP contribution in [-0.4, -0.2) is 29.4 Å². The van der Waals surface area contributed by atoms with Gasteiger partial charge < -0.3 is 10.6 Å². The van der Waals surface area contributed by atoms with Crippen LogP contribution in [0.1, 0.15) is 44.6 Å². The average Bonchev–Trinajstić information content (AvgIpc) is 2.38. The van der Waals surface area contributed by atoms with Gasteiger partial charge in [0.25, 0.3) is 0 Å². The molecule has 1 aliphatic heterocycles. The summed E-state index contributed by atoms with van der Waals surface area (Å²) in [4.78, 5) is 14.4. The Kier molecular flexibility index (Phi) is 4.25. The van der Waals surface area contributed by atoms with Crippen molar-refractivity contribution in [2.45, 2.75) is 44.6 Å². The van der Waals surface area contributed by atoms with Gasteiger partial charge in [-0.25, -0.2) is 0 Å². The summed E-state index contributed by atoms with van der Waals surface area (Å²) >= 11 is 0. The zero-order valence-electron chi connectivity index (χ0n) is 11.9. The highest BCUT2D eigenvalue weighted by Gasteiger charge is 2.42. The van der Waals surface area contributed by atoms with E-state index < -0.39 is 0 Å². The number of carbonyl (C=O) groups excluding carboxylic acids is 1. The number of likely N-dealkylation sites (tertiary alicyclic amines) is 1. The second kappa shape index (κ2) is 5.74.